The molecule has 4 heteroatoms. The Labute approximate surface area is 131 Å². The van der Waals surface area contributed by atoms with Crippen LogP contribution in [-0.4, -0.2) is 27.0 Å². The molecule has 1 aliphatic rings. The Morgan fingerprint density at radius 1 is 1.05 bits per heavy atom. The molecule has 0 amide bonds. The highest BCUT2D eigenvalue weighted by Gasteiger charge is 2.14. The predicted molar refractivity (Wildman–Crippen MR) is 89.2 cm³/mol. The smallest absolute Gasteiger partial charge is 0.161 e. The number of rotatable bonds is 4. The van der Waals surface area contributed by atoms with Crippen molar-refractivity contribution in [2.24, 2.45) is 5.10 Å². The fourth-order valence-corrected chi connectivity index (χ4v) is 2.70. The minimum atomic E-state index is 0.713. The molecule has 0 radical (unpaired) electrons. The van der Waals surface area contributed by atoms with Crippen molar-refractivity contribution in [3.63, 3.8) is 0 Å². The lowest BCUT2D eigenvalue weighted by Gasteiger charge is -2.26. The molecule has 0 aliphatic carbocycles. The summed E-state index contributed by atoms with van der Waals surface area (Å²) in [7, 11) is 3.27. The molecule has 3 rings (SSSR count). The van der Waals surface area contributed by atoms with E-state index in [9.17, 15) is 0 Å². The Morgan fingerprint density at radius 3 is 2.68 bits per heavy atom. The van der Waals surface area contributed by atoms with Crippen molar-refractivity contribution in [3.8, 4) is 11.5 Å². The standard InChI is InChI=1S/C18H20N2O2/c1-21-17-10-9-14(12-18(17)22-2)13-19-20-11-5-7-15-6-3-4-8-16(15)20/h3-4,6,8-10,12-13H,5,7,11H2,1-2H3. The van der Waals surface area contributed by atoms with E-state index in [0.29, 0.717) is 5.75 Å². The van der Waals surface area contributed by atoms with Gasteiger partial charge >= 0.3 is 0 Å². The zero-order chi connectivity index (χ0) is 15.4. The summed E-state index contributed by atoms with van der Waals surface area (Å²) in [6, 6.07) is 14.2. The van der Waals surface area contributed by atoms with E-state index in [1.54, 1.807) is 14.2 Å². The molecule has 1 aliphatic heterocycles. The van der Waals surface area contributed by atoms with E-state index in [4.69, 9.17) is 9.47 Å². The minimum absolute atomic E-state index is 0.713. The van der Waals surface area contributed by atoms with E-state index < -0.39 is 0 Å². The maximum Gasteiger partial charge on any atom is 0.161 e. The molecular formula is C18H20N2O2. The van der Waals surface area contributed by atoms with E-state index in [1.807, 2.05) is 24.4 Å². The van der Waals surface area contributed by atoms with Crippen LogP contribution in [0.2, 0.25) is 0 Å². The summed E-state index contributed by atoms with van der Waals surface area (Å²) in [6.45, 7) is 0.945. The van der Waals surface area contributed by atoms with Crippen LogP contribution in [-0.2, 0) is 6.42 Å². The van der Waals surface area contributed by atoms with Gasteiger partial charge < -0.3 is 9.47 Å². The molecule has 0 fully saturated rings. The van der Waals surface area contributed by atoms with Gasteiger partial charge in [-0.05, 0) is 48.2 Å². The van der Waals surface area contributed by atoms with Crippen LogP contribution < -0.4 is 14.5 Å². The van der Waals surface area contributed by atoms with Crippen molar-refractivity contribution >= 4 is 11.9 Å². The van der Waals surface area contributed by atoms with Crippen LogP contribution in [0.15, 0.2) is 47.6 Å². The number of methoxy groups -OCH3 is 2. The average molecular weight is 296 g/mol. The van der Waals surface area contributed by atoms with Crippen LogP contribution in [0.5, 0.6) is 11.5 Å². The molecule has 0 atom stereocenters. The molecule has 1 heterocycles. The maximum atomic E-state index is 5.32. The third-order valence-corrected chi connectivity index (χ3v) is 3.84. The topological polar surface area (TPSA) is 34.1 Å². The summed E-state index contributed by atoms with van der Waals surface area (Å²) in [5, 5.41) is 6.70. The fraction of sp³-hybridized carbons (Fsp3) is 0.278. The third-order valence-electron chi connectivity index (χ3n) is 3.84. The number of anilines is 1. The van der Waals surface area contributed by atoms with Gasteiger partial charge in [0.05, 0.1) is 26.1 Å². The fourth-order valence-electron chi connectivity index (χ4n) is 2.70. The Hall–Kier alpha value is -2.49. The maximum absolute atomic E-state index is 5.32. The molecule has 0 spiro atoms. The number of hydrogen-bond donors (Lipinski definition) is 0. The highest BCUT2D eigenvalue weighted by atomic mass is 16.5. The van der Waals surface area contributed by atoms with Gasteiger partial charge in [-0.3, -0.25) is 5.01 Å². The highest BCUT2D eigenvalue weighted by Crippen LogP contribution is 2.28. The molecule has 2 aromatic rings. The van der Waals surface area contributed by atoms with Crippen molar-refractivity contribution in [1.29, 1.82) is 0 Å². The summed E-state index contributed by atoms with van der Waals surface area (Å²) in [5.41, 5.74) is 3.55. The zero-order valence-corrected chi connectivity index (χ0v) is 13.0. The zero-order valence-electron chi connectivity index (χ0n) is 13.0. The number of fused-ring (bicyclic) bond motifs is 1. The van der Waals surface area contributed by atoms with Crippen LogP contribution in [0.25, 0.3) is 0 Å². The number of hydrazone groups is 1. The number of para-hydroxylation sites is 1. The second kappa shape index (κ2) is 6.52. The third kappa shape index (κ3) is 2.91. The van der Waals surface area contributed by atoms with E-state index in [2.05, 4.69) is 34.4 Å². The Kier molecular flexibility index (Phi) is 4.28. The average Bonchev–Trinajstić information content (AvgIpc) is 2.59. The number of aryl methyl sites for hydroxylation is 1. The summed E-state index contributed by atoms with van der Waals surface area (Å²) in [4.78, 5) is 0. The molecule has 0 saturated heterocycles. The lowest BCUT2D eigenvalue weighted by Crippen LogP contribution is -2.24. The van der Waals surface area contributed by atoms with Gasteiger partial charge in [0.25, 0.3) is 0 Å². The molecule has 22 heavy (non-hydrogen) atoms. The first-order chi connectivity index (χ1) is 10.8. The van der Waals surface area contributed by atoms with Crippen LogP contribution in [0.4, 0.5) is 5.69 Å². The normalized spacial score (nSPS) is 14.0. The molecular weight excluding hydrogens is 276 g/mol. The van der Waals surface area contributed by atoms with Crippen LogP contribution >= 0.6 is 0 Å². The Bertz CT molecular complexity index is 683. The second-order valence-corrected chi connectivity index (χ2v) is 5.21. The molecule has 0 unspecified atom stereocenters. The summed E-state index contributed by atoms with van der Waals surface area (Å²) >= 11 is 0. The monoisotopic (exact) mass is 296 g/mol. The summed E-state index contributed by atoms with van der Waals surface area (Å²) < 4.78 is 10.6. The molecule has 0 N–H and O–H groups in total. The molecule has 4 nitrogen and oxygen atoms in total. The SMILES string of the molecule is COc1ccc(C=NN2CCCc3ccccc32)cc1OC. The van der Waals surface area contributed by atoms with Gasteiger partial charge in [0.2, 0.25) is 0 Å². The minimum Gasteiger partial charge on any atom is -0.493 e. The van der Waals surface area contributed by atoms with Crippen LogP contribution in [0.1, 0.15) is 17.5 Å². The second-order valence-electron chi connectivity index (χ2n) is 5.21. The van der Waals surface area contributed by atoms with Crippen molar-refractivity contribution in [3.05, 3.63) is 53.6 Å². The van der Waals surface area contributed by atoms with Gasteiger partial charge in [-0.15, -0.1) is 0 Å². The summed E-state index contributed by atoms with van der Waals surface area (Å²) in [5.74, 6) is 1.44. The molecule has 0 aromatic heterocycles. The van der Waals surface area contributed by atoms with Gasteiger partial charge in [0.1, 0.15) is 0 Å². The van der Waals surface area contributed by atoms with Gasteiger partial charge in [0.15, 0.2) is 11.5 Å². The number of hydrogen-bond acceptors (Lipinski definition) is 4. The van der Waals surface area contributed by atoms with Crippen molar-refractivity contribution in [2.75, 3.05) is 25.8 Å². The first-order valence-electron chi connectivity index (χ1n) is 7.43. The van der Waals surface area contributed by atoms with E-state index in [0.717, 1.165) is 30.7 Å². The van der Waals surface area contributed by atoms with Gasteiger partial charge in [-0.25, -0.2) is 0 Å². The van der Waals surface area contributed by atoms with E-state index in [-0.39, 0.29) is 0 Å². The number of ether oxygens (including phenoxy) is 2. The van der Waals surface area contributed by atoms with E-state index in [1.165, 1.54) is 11.3 Å². The molecule has 2 aromatic carbocycles. The lowest BCUT2D eigenvalue weighted by atomic mass is 10.0. The van der Waals surface area contributed by atoms with E-state index >= 15 is 0 Å². The largest absolute Gasteiger partial charge is 0.493 e. The van der Waals surface area contributed by atoms with Gasteiger partial charge in [0, 0.05) is 6.54 Å². The lowest BCUT2D eigenvalue weighted by molar-refractivity contribution is 0.355. The first kappa shape index (κ1) is 14.4. The first-order valence-corrected chi connectivity index (χ1v) is 7.43. The molecule has 0 saturated carbocycles. The quantitative estimate of drug-likeness (QED) is 0.810. The highest BCUT2D eigenvalue weighted by molar-refractivity contribution is 5.82. The Balaban J connectivity index is 1.83. The predicted octanol–water partition coefficient (Wildman–Crippen LogP) is 3.49. The Morgan fingerprint density at radius 2 is 1.86 bits per heavy atom. The molecule has 0 bridgehead atoms. The van der Waals surface area contributed by atoms with Crippen LogP contribution in [0, 0.1) is 0 Å². The van der Waals surface area contributed by atoms with Crippen molar-refractivity contribution in [1.82, 2.24) is 0 Å². The molecule has 114 valence electrons. The number of benzene rings is 2. The van der Waals surface area contributed by atoms with Gasteiger partial charge in [-0.2, -0.15) is 5.10 Å². The van der Waals surface area contributed by atoms with Gasteiger partial charge in [-0.1, -0.05) is 18.2 Å². The van der Waals surface area contributed by atoms with Crippen molar-refractivity contribution in [2.45, 2.75) is 12.8 Å². The number of nitrogens with zero attached hydrogens (tertiary/aromatic N) is 2. The van der Waals surface area contributed by atoms with Crippen LogP contribution in [0.3, 0.4) is 0 Å². The van der Waals surface area contributed by atoms with Crippen molar-refractivity contribution < 1.29 is 9.47 Å². The summed E-state index contributed by atoms with van der Waals surface area (Å²) in [6.07, 6.45) is 4.11.